The van der Waals surface area contributed by atoms with Crippen molar-refractivity contribution in [1.82, 2.24) is 0 Å². The molecular weight excluding hydrogens is 248 g/mol. The minimum absolute atomic E-state index is 0.309. The second kappa shape index (κ2) is 5.15. The van der Waals surface area contributed by atoms with Crippen molar-refractivity contribution >= 4 is 23.6 Å². The van der Waals surface area contributed by atoms with Gasteiger partial charge >= 0.3 is 0 Å². The average Bonchev–Trinajstić information content (AvgIpc) is 2.37. The van der Waals surface area contributed by atoms with Gasteiger partial charge in [-0.3, -0.25) is 0 Å². The van der Waals surface area contributed by atoms with E-state index < -0.39 is 5.95 Å². The van der Waals surface area contributed by atoms with Crippen molar-refractivity contribution in [3.63, 3.8) is 0 Å². The van der Waals surface area contributed by atoms with E-state index in [-0.39, 0.29) is 0 Å². The van der Waals surface area contributed by atoms with Crippen molar-refractivity contribution in [2.75, 3.05) is 0 Å². The maximum atomic E-state index is 11.0. The van der Waals surface area contributed by atoms with Crippen LogP contribution in [0.5, 0.6) is 0 Å². The highest BCUT2D eigenvalue weighted by molar-refractivity contribution is 6.30. The molecule has 0 bridgehead atoms. The third-order valence-electron chi connectivity index (χ3n) is 2.75. The predicted molar refractivity (Wildman–Crippen MR) is 72.3 cm³/mol. The molecule has 0 aliphatic heterocycles. The summed E-state index contributed by atoms with van der Waals surface area (Å²) in [6, 6.07) is 12.8. The fourth-order valence-electron chi connectivity index (χ4n) is 1.84. The smallest absolute Gasteiger partial charge is 0.0563 e. The highest BCUT2D eigenvalue weighted by Crippen LogP contribution is 2.20. The van der Waals surface area contributed by atoms with Gasteiger partial charge in [0.15, 0.2) is 0 Å². The standard InChI is InChI=1S/C15H13ClO2/c1-2-10-8-12(6-7-14(10)15(17)18)11-4-3-5-13(16)9-11/h2-9,17-18H,1H3/p-1. The zero-order valence-corrected chi connectivity index (χ0v) is 10.6. The van der Waals surface area contributed by atoms with Gasteiger partial charge < -0.3 is 10.2 Å². The number of benzene rings is 2. The van der Waals surface area contributed by atoms with Gasteiger partial charge in [-0.1, -0.05) is 41.9 Å². The van der Waals surface area contributed by atoms with Crippen molar-refractivity contribution in [2.24, 2.45) is 0 Å². The third kappa shape index (κ3) is 2.49. The Morgan fingerprint density at radius 3 is 2.50 bits per heavy atom. The van der Waals surface area contributed by atoms with E-state index in [1.165, 1.54) is 0 Å². The van der Waals surface area contributed by atoms with Crippen LogP contribution in [0.25, 0.3) is 23.1 Å². The van der Waals surface area contributed by atoms with Crippen LogP contribution in [-0.2, 0) is 0 Å². The fourth-order valence-corrected chi connectivity index (χ4v) is 2.03. The lowest BCUT2D eigenvalue weighted by atomic mass is 10.0. The monoisotopic (exact) mass is 259 g/mol. The highest BCUT2D eigenvalue weighted by Gasteiger charge is 1.98. The van der Waals surface area contributed by atoms with Gasteiger partial charge in [0.2, 0.25) is 0 Å². The molecule has 3 heteroatoms. The summed E-state index contributed by atoms with van der Waals surface area (Å²) in [5, 5.41) is 21.8. The molecule has 0 amide bonds. The first-order valence-electron chi connectivity index (χ1n) is 5.54. The van der Waals surface area contributed by atoms with Crippen LogP contribution >= 0.6 is 11.6 Å². The molecule has 2 nitrogen and oxygen atoms in total. The number of hydrogen-bond donors (Lipinski definition) is 1. The summed E-state index contributed by atoms with van der Waals surface area (Å²) >= 11 is 5.95. The molecular formula is C15H12ClO2-. The van der Waals surface area contributed by atoms with Gasteiger partial charge in [0.05, 0.1) is 5.95 Å². The fraction of sp³-hybridized carbons (Fsp3) is 0.0667. The second-order valence-electron chi connectivity index (χ2n) is 3.91. The van der Waals surface area contributed by atoms with Gasteiger partial charge in [0.1, 0.15) is 0 Å². The summed E-state index contributed by atoms with van der Waals surface area (Å²) in [5.74, 6) is -0.916. The Kier molecular flexibility index (Phi) is 3.58. The molecule has 2 rings (SSSR count). The first-order chi connectivity index (χ1) is 8.61. The third-order valence-corrected chi connectivity index (χ3v) is 2.99. The van der Waals surface area contributed by atoms with Crippen LogP contribution in [0.4, 0.5) is 0 Å². The largest absolute Gasteiger partial charge is 0.629 e. The molecule has 2 aromatic carbocycles. The first-order valence-corrected chi connectivity index (χ1v) is 5.92. The van der Waals surface area contributed by atoms with Gasteiger partial charge in [-0.2, -0.15) is 0 Å². The van der Waals surface area contributed by atoms with Gasteiger partial charge in [0, 0.05) is 10.2 Å². The van der Waals surface area contributed by atoms with Crippen molar-refractivity contribution in [2.45, 2.75) is 6.92 Å². The zero-order valence-electron chi connectivity index (χ0n) is 9.85. The molecule has 0 fully saturated rings. The number of hydrogen-bond acceptors (Lipinski definition) is 2. The van der Waals surface area contributed by atoms with E-state index in [1.54, 1.807) is 18.2 Å². The van der Waals surface area contributed by atoms with E-state index in [9.17, 15) is 5.11 Å². The Balaban J connectivity index is 2.67. The molecule has 0 radical (unpaired) electrons. The van der Waals surface area contributed by atoms with E-state index in [0.717, 1.165) is 11.1 Å². The quantitative estimate of drug-likeness (QED) is 0.849. The van der Waals surface area contributed by atoms with Crippen LogP contribution < -0.4 is 15.5 Å². The minimum atomic E-state index is -0.916. The van der Waals surface area contributed by atoms with Crippen LogP contribution in [0.3, 0.4) is 0 Å². The van der Waals surface area contributed by atoms with Crippen LogP contribution in [0.1, 0.15) is 6.92 Å². The Morgan fingerprint density at radius 2 is 1.89 bits per heavy atom. The van der Waals surface area contributed by atoms with E-state index in [2.05, 4.69) is 0 Å². The molecule has 0 atom stereocenters. The topological polar surface area (TPSA) is 43.3 Å². The van der Waals surface area contributed by atoms with Crippen LogP contribution in [-0.4, -0.2) is 5.11 Å². The first kappa shape index (κ1) is 12.5. The van der Waals surface area contributed by atoms with Crippen molar-refractivity contribution in [3.8, 4) is 11.1 Å². The molecule has 0 saturated carbocycles. The lowest BCUT2D eigenvalue weighted by Crippen LogP contribution is -2.30. The van der Waals surface area contributed by atoms with Gasteiger partial charge in [-0.05, 0) is 41.5 Å². The molecule has 0 unspecified atom stereocenters. The Labute approximate surface area is 110 Å². The SMILES string of the molecule is CC=c1cc(-c2cccc(Cl)c2)ccc1=C([O-])O. The van der Waals surface area contributed by atoms with Crippen LogP contribution in [0.2, 0.25) is 5.02 Å². The lowest BCUT2D eigenvalue weighted by Gasteiger charge is -2.05. The van der Waals surface area contributed by atoms with E-state index >= 15 is 0 Å². The number of rotatable bonds is 1. The molecule has 0 saturated heterocycles. The number of aliphatic hydroxyl groups is 1. The molecule has 0 aliphatic rings. The summed E-state index contributed by atoms with van der Waals surface area (Å²) in [5.41, 5.74) is 1.93. The molecule has 0 aliphatic carbocycles. The Hall–Kier alpha value is -1.93. The van der Waals surface area contributed by atoms with Crippen LogP contribution in [0, 0.1) is 0 Å². The second-order valence-corrected chi connectivity index (χ2v) is 4.34. The predicted octanol–water partition coefficient (Wildman–Crippen LogP) is 1.79. The molecule has 0 heterocycles. The number of aliphatic hydroxyl groups excluding tert-OH is 1. The summed E-state index contributed by atoms with van der Waals surface area (Å²) in [7, 11) is 0. The summed E-state index contributed by atoms with van der Waals surface area (Å²) < 4.78 is 0. The average molecular weight is 260 g/mol. The van der Waals surface area contributed by atoms with E-state index in [1.807, 2.05) is 37.3 Å². The Morgan fingerprint density at radius 1 is 1.17 bits per heavy atom. The summed E-state index contributed by atoms with van der Waals surface area (Å²) in [6.07, 6.45) is 1.79. The molecule has 1 N–H and O–H groups in total. The van der Waals surface area contributed by atoms with Crippen molar-refractivity contribution in [3.05, 3.63) is 57.9 Å². The zero-order chi connectivity index (χ0) is 13.1. The van der Waals surface area contributed by atoms with Gasteiger partial charge in [-0.15, -0.1) is 0 Å². The number of halogens is 1. The van der Waals surface area contributed by atoms with Crippen molar-refractivity contribution < 1.29 is 10.2 Å². The normalized spacial score (nSPS) is 13.6. The maximum absolute atomic E-state index is 11.0. The molecule has 18 heavy (non-hydrogen) atoms. The van der Waals surface area contributed by atoms with E-state index in [0.29, 0.717) is 15.5 Å². The van der Waals surface area contributed by atoms with Gasteiger partial charge in [-0.25, -0.2) is 0 Å². The highest BCUT2D eigenvalue weighted by atomic mass is 35.5. The molecule has 2 aromatic rings. The maximum Gasteiger partial charge on any atom is 0.0563 e. The molecule has 0 spiro atoms. The van der Waals surface area contributed by atoms with E-state index in [4.69, 9.17) is 16.7 Å². The van der Waals surface area contributed by atoms with Crippen molar-refractivity contribution in [1.29, 1.82) is 0 Å². The lowest BCUT2D eigenvalue weighted by molar-refractivity contribution is -0.284. The summed E-state index contributed by atoms with van der Waals surface area (Å²) in [6.45, 7) is 1.82. The summed E-state index contributed by atoms with van der Waals surface area (Å²) in [4.78, 5) is 0. The molecule has 0 aromatic heterocycles. The van der Waals surface area contributed by atoms with Crippen LogP contribution in [0.15, 0.2) is 42.5 Å². The van der Waals surface area contributed by atoms with Gasteiger partial charge in [0.25, 0.3) is 0 Å². The molecule has 92 valence electrons. The Bertz CT molecular complexity index is 686. The minimum Gasteiger partial charge on any atom is -0.629 e.